The minimum atomic E-state index is -0.484. The smallest absolute Gasteiger partial charge is 0.287 e. The number of carbonyl (C=O) groups is 1. The van der Waals surface area contributed by atoms with Crippen LogP contribution in [0.25, 0.3) is 26.8 Å². The van der Waals surface area contributed by atoms with Gasteiger partial charge in [0.25, 0.3) is 11.6 Å². The number of nitro benzene ring substituents is 1. The first kappa shape index (κ1) is 20.1. The van der Waals surface area contributed by atoms with Crippen LogP contribution >= 0.6 is 22.9 Å². The number of nitro groups is 1. The number of nitrogens with zero attached hydrogens (tertiary/aromatic N) is 4. The zero-order chi connectivity index (χ0) is 22.4. The SMILES string of the molecule is Cc1ccc(-n2nc3ccc(NC(=O)c4sc5c([N+](=O)[O-])cccc5c4Cl)cc3n2)cc1. The lowest BCUT2D eigenvalue weighted by atomic mass is 10.2. The first-order valence-corrected chi connectivity index (χ1v) is 10.7. The molecule has 1 N–H and O–H groups in total. The van der Waals surface area contributed by atoms with Crippen LogP contribution in [0.3, 0.4) is 0 Å². The molecule has 0 radical (unpaired) electrons. The third-order valence-electron chi connectivity index (χ3n) is 4.94. The number of hydrogen-bond donors (Lipinski definition) is 1. The van der Waals surface area contributed by atoms with E-state index in [0.717, 1.165) is 22.6 Å². The van der Waals surface area contributed by atoms with Gasteiger partial charge in [-0.3, -0.25) is 14.9 Å². The van der Waals surface area contributed by atoms with E-state index in [1.165, 1.54) is 10.9 Å². The molecule has 0 aliphatic rings. The number of fused-ring (bicyclic) bond motifs is 2. The number of benzene rings is 3. The molecule has 2 aromatic heterocycles. The lowest BCUT2D eigenvalue weighted by Crippen LogP contribution is -2.10. The summed E-state index contributed by atoms with van der Waals surface area (Å²) >= 11 is 7.37. The molecule has 8 nitrogen and oxygen atoms in total. The summed E-state index contributed by atoms with van der Waals surface area (Å²) in [6.45, 7) is 2.01. The van der Waals surface area contributed by atoms with E-state index in [2.05, 4.69) is 15.5 Å². The number of non-ortho nitro benzene ring substituents is 1. The predicted molar refractivity (Wildman–Crippen MR) is 125 cm³/mol. The highest BCUT2D eigenvalue weighted by Crippen LogP contribution is 2.40. The van der Waals surface area contributed by atoms with Crippen molar-refractivity contribution in [3.63, 3.8) is 0 Å². The average molecular weight is 464 g/mol. The molecule has 1 amide bonds. The summed E-state index contributed by atoms with van der Waals surface area (Å²) in [5.74, 6) is -0.448. The number of nitrogens with one attached hydrogen (secondary N) is 1. The van der Waals surface area contributed by atoms with Gasteiger partial charge in [0.1, 0.15) is 20.6 Å². The van der Waals surface area contributed by atoms with E-state index in [1.807, 2.05) is 31.2 Å². The number of carbonyl (C=O) groups excluding carboxylic acids is 1. The number of amides is 1. The number of anilines is 1. The Kier molecular flexibility index (Phi) is 4.84. The first-order valence-electron chi connectivity index (χ1n) is 9.51. The van der Waals surface area contributed by atoms with Crippen molar-refractivity contribution in [2.45, 2.75) is 6.92 Å². The number of aromatic nitrogens is 3. The van der Waals surface area contributed by atoms with Crippen LogP contribution < -0.4 is 5.32 Å². The molecule has 0 bridgehead atoms. The second-order valence-corrected chi connectivity index (χ2v) is 8.54. The Morgan fingerprint density at radius 1 is 1.09 bits per heavy atom. The second kappa shape index (κ2) is 7.70. The zero-order valence-corrected chi connectivity index (χ0v) is 18.1. The largest absolute Gasteiger partial charge is 0.321 e. The highest BCUT2D eigenvalue weighted by atomic mass is 35.5. The molecule has 0 fully saturated rings. The highest BCUT2D eigenvalue weighted by Gasteiger charge is 2.23. The Bertz CT molecular complexity index is 1520. The van der Waals surface area contributed by atoms with Crippen LogP contribution in [-0.4, -0.2) is 25.8 Å². The van der Waals surface area contributed by atoms with Gasteiger partial charge in [-0.25, -0.2) is 0 Å². The van der Waals surface area contributed by atoms with Gasteiger partial charge in [-0.05, 0) is 37.3 Å². The number of rotatable bonds is 4. The van der Waals surface area contributed by atoms with E-state index in [0.29, 0.717) is 26.8 Å². The molecular formula is C22H14ClN5O3S. The van der Waals surface area contributed by atoms with E-state index in [-0.39, 0.29) is 15.6 Å². The Labute approximate surface area is 190 Å². The molecule has 5 rings (SSSR count). The van der Waals surface area contributed by atoms with Gasteiger partial charge < -0.3 is 5.32 Å². The summed E-state index contributed by atoms with van der Waals surface area (Å²) in [4.78, 5) is 25.4. The normalized spacial score (nSPS) is 11.2. The standard InChI is InChI=1S/C22H14ClN5O3S/c1-12-5-8-14(9-6-12)27-25-16-10-7-13(11-17(16)26-27)24-22(29)21-19(23)15-3-2-4-18(28(30)31)20(15)32-21/h2-11H,1H3,(H,24,29). The van der Waals surface area contributed by atoms with Crippen LogP contribution in [0.2, 0.25) is 5.02 Å². The minimum absolute atomic E-state index is 0.0809. The van der Waals surface area contributed by atoms with Crippen molar-refractivity contribution >= 4 is 61.3 Å². The van der Waals surface area contributed by atoms with Crippen LogP contribution in [0.1, 0.15) is 15.2 Å². The number of thiophene rings is 1. The predicted octanol–water partition coefficient (Wildman–Crippen LogP) is 5.76. The van der Waals surface area contributed by atoms with Crippen LogP contribution in [0.15, 0.2) is 60.7 Å². The third-order valence-corrected chi connectivity index (χ3v) is 6.67. The minimum Gasteiger partial charge on any atom is -0.321 e. The van der Waals surface area contributed by atoms with Gasteiger partial charge in [0.2, 0.25) is 0 Å². The van der Waals surface area contributed by atoms with Crippen LogP contribution in [0.5, 0.6) is 0 Å². The fourth-order valence-electron chi connectivity index (χ4n) is 3.34. The maximum Gasteiger partial charge on any atom is 0.287 e. The quantitative estimate of drug-likeness (QED) is 0.269. The van der Waals surface area contributed by atoms with E-state index < -0.39 is 10.8 Å². The summed E-state index contributed by atoms with van der Waals surface area (Å²) in [5.41, 5.74) is 3.70. The summed E-state index contributed by atoms with van der Waals surface area (Å²) < 4.78 is 0.365. The molecule has 0 aliphatic heterocycles. The molecule has 32 heavy (non-hydrogen) atoms. The lowest BCUT2D eigenvalue weighted by molar-refractivity contribution is -0.382. The molecule has 0 unspecified atom stereocenters. The van der Waals surface area contributed by atoms with E-state index >= 15 is 0 Å². The highest BCUT2D eigenvalue weighted by molar-refractivity contribution is 7.22. The molecule has 0 spiro atoms. The summed E-state index contributed by atoms with van der Waals surface area (Å²) in [7, 11) is 0. The van der Waals surface area contributed by atoms with Gasteiger partial charge in [-0.15, -0.1) is 21.5 Å². The Hall–Kier alpha value is -3.82. The second-order valence-electron chi connectivity index (χ2n) is 7.14. The van der Waals surface area contributed by atoms with Gasteiger partial charge >= 0.3 is 0 Å². The van der Waals surface area contributed by atoms with Crippen LogP contribution in [0, 0.1) is 17.0 Å². The molecule has 0 atom stereocenters. The zero-order valence-electron chi connectivity index (χ0n) is 16.6. The molecule has 10 heteroatoms. The molecule has 5 aromatic rings. The molecule has 0 saturated carbocycles. The topological polar surface area (TPSA) is 103 Å². The monoisotopic (exact) mass is 463 g/mol. The third kappa shape index (κ3) is 3.47. The van der Waals surface area contributed by atoms with Gasteiger partial charge in [0.05, 0.1) is 15.6 Å². The van der Waals surface area contributed by atoms with Gasteiger partial charge in [0.15, 0.2) is 0 Å². The molecule has 3 aromatic carbocycles. The Morgan fingerprint density at radius 2 is 1.84 bits per heavy atom. The van der Waals surface area contributed by atoms with Crippen LogP contribution in [0.4, 0.5) is 11.4 Å². The van der Waals surface area contributed by atoms with E-state index in [9.17, 15) is 14.9 Å². The van der Waals surface area contributed by atoms with Crippen molar-refractivity contribution in [2.24, 2.45) is 0 Å². The van der Waals surface area contributed by atoms with Crippen molar-refractivity contribution < 1.29 is 9.72 Å². The molecule has 2 heterocycles. The fraction of sp³-hybridized carbons (Fsp3) is 0.0455. The van der Waals surface area contributed by atoms with Crippen LogP contribution in [-0.2, 0) is 0 Å². The Morgan fingerprint density at radius 3 is 2.59 bits per heavy atom. The van der Waals surface area contributed by atoms with Gasteiger partial charge in [-0.2, -0.15) is 4.80 Å². The summed E-state index contributed by atoms with van der Waals surface area (Å²) in [6, 6.07) is 17.6. The van der Waals surface area contributed by atoms with Crippen molar-refractivity contribution in [3.8, 4) is 5.69 Å². The van der Waals surface area contributed by atoms with E-state index in [1.54, 1.807) is 30.3 Å². The van der Waals surface area contributed by atoms with Gasteiger partial charge in [0, 0.05) is 17.1 Å². The number of halogens is 1. The Balaban J connectivity index is 1.46. The van der Waals surface area contributed by atoms with E-state index in [4.69, 9.17) is 11.6 Å². The van der Waals surface area contributed by atoms with Crippen molar-refractivity contribution in [1.82, 2.24) is 15.0 Å². The maximum absolute atomic E-state index is 12.9. The summed E-state index contributed by atoms with van der Waals surface area (Å²) in [5, 5.41) is 23.7. The van der Waals surface area contributed by atoms with Crippen molar-refractivity contribution in [1.29, 1.82) is 0 Å². The van der Waals surface area contributed by atoms with Crippen molar-refractivity contribution in [3.05, 3.63) is 86.2 Å². The molecule has 0 aliphatic carbocycles. The molecule has 0 saturated heterocycles. The van der Waals surface area contributed by atoms with Gasteiger partial charge in [-0.1, -0.05) is 41.4 Å². The maximum atomic E-state index is 12.9. The average Bonchev–Trinajstić information content (AvgIpc) is 3.35. The molecule has 158 valence electrons. The summed E-state index contributed by atoms with van der Waals surface area (Å²) in [6.07, 6.45) is 0. The lowest BCUT2D eigenvalue weighted by Gasteiger charge is -2.03. The number of hydrogen-bond acceptors (Lipinski definition) is 6. The van der Waals surface area contributed by atoms with Crippen molar-refractivity contribution in [2.75, 3.05) is 5.32 Å². The first-order chi connectivity index (χ1) is 15.4. The fourth-order valence-corrected chi connectivity index (χ4v) is 4.83. The number of aryl methyl sites for hydroxylation is 1. The molecular weight excluding hydrogens is 450 g/mol.